The van der Waals surface area contributed by atoms with E-state index in [4.69, 9.17) is 4.74 Å². The molecule has 21 heavy (non-hydrogen) atoms. The van der Waals surface area contributed by atoms with Gasteiger partial charge >= 0.3 is 5.97 Å². The van der Waals surface area contributed by atoms with E-state index in [9.17, 15) is 4.79 Å². The van der Waals surface area contributed by atoms with Gasteiger partial charge in [-0.05, 0) is 29.3 Å². The lowest BCUT2D eigenvalue weighted by Crippen LogP contribution is -2.14. The molecule has 2 aromatic rings. The fraction of sp³-hybridized carbons (Fsp3) is 0.167. The molecule has 3 heteroatoms. The van der Waals surface area contributed by atoms with Crippen molar-refractivity contribution in [3.05, 3.63) is 66.8 Å². The largest absolute Gasteiger partial charge is 0.463 e. The predicted molar refractivity (Wildman–Crippen MR) is 86.8 cm³/mol. The van der Waals surface area contributed by atoms with E-state index in [1.165, 1.54) is 11.5 Å². The van der Waals surface area contributed by atoms with Gasteiger partial charge in [0.25, 0.3) is 0 Å². The van der Waals surface area contributed by atoms with Gasteiger partial charge < -0.3 is 10.1 Å². The first-order valence-electron chi connectivity index (χ1n) is 6.97. The van der Waals surface area contributed by atoms with Crippen LogP contribution in [0.2, 0.25) is 0 Å². The fourth-order valence-electron chi connectivity index (χ4n) is 2.08. The lowest BCUT2D eigenvalue weighted by molar-refractivity contribution is -0.137. The number of benzene rings is 2. The molecule has 0 aliphatic carbocycles. The SMILES string of the molecule is C=CCN/C(=C\C(=O)OCC)c1ccc2ccccc2c1. The van der Waals surface area contributed by atoms with Crippen molar-refractivity contribution in [1.29, 1.82) is 0 Å². The Morgan fingerprint density at radius 1 is 1.24 bits per heavy atom. The quantitative estimate of drug-likeness (QED) is 0.500. The molecule has 2 rings (SSSR count). The Kier molecular flexibility index (Phi) is 5.16. The Morgan fingerprint density at radius 3 is 2.71 bits per heavy atom. The van der Waals surface area contributed by atoms with E-state index in [2.05, 4.69) is 24.0 Å². The molecule has 0 amide bonds. The number of ether oxygens (including phenoxy) is 1. The zero-order valence-electron chi connectivity index (χ0n) is 12.1. The second-order valence-corrected chi connectivity index (χ2v) is 4.54. The average molecular weight is 281 g/mol. The van der Waals surface area contributed by atoms with Crippen molar-refractivity contribution in [1.82, 2.24) is 5.32 Å². The standard InChI is InChI=1S/C18H19NO2/c1-3-11-19-17(13-18(20)21-4-2)16-10-9-14-7-5-6-8-15(14)12-16/h3,5-10,12-13,19H,1,4,11H2,2H3/b17-13-. The first-order valence-corrected chi connectivity index (χ1v) is 6.97. The first-order chi connectivity index (χ1) is 10.2. The van der Waals surface area contributed by atoms with Gasteiger partial charge in [0.15, 0.2) is 0 Å². The molecule has 0 bridgehead atoms. The van der Waals surface area contributed by atoms with E-state index in [1.54, 1.807) is 13.0 Å². The van der Waals surface area contributed by atoms with Crippen LogP contribution in [-0.4, -0.2) is 19.1 Å². The highest BCUT2D eigenvalue weighted by Crippen LogP contribution is 2.20. The van der Waals surface area contributed by atoms with Crippen molar-refractivity contribution in [3.8, 4) is 0 Å². The minimum atomic E-state index is -0.350. The minimum Gasteiger partial charge on any atom is -0.463 e. The van der Waals surface area contributed by atoms with Crippen molar-refractivity contribution < 1.29 is 9.53 Å². The van der Waals surface area contributed by atoms with Crippen LogP contribution in [0.15, 0.2) is 61.2 Å². The molecule has 0 aromatic heterocycles. The molecule has 0 saturated carbocycles. The van der Waals surface area contributed by atoms with Gasteiger partial charge in [0.05, 0.1) is 6.61 Å². The summed E-state index contributed by atoms with van der Waals surface area (Å²) in [5, 5.41) is 5.48. The number of nitrogens with one attached hydrogen (secondary N) is 1. The Balaban J connectivity index is 2.37. The summed E-state index contributed by atoms with van der Waals surface area (Å²) in [6, 6.07) is 14.2. The number of fused-ring (bicyclic) bond motifs is 1. The molecule has 0 fully saturated rings. The molecule has 2 aromatic carbocycles. The number of carbonyl (C=O) groups excluding carboxylic acids is 1. The Morgan fingerprint density at radius 2 is 2.00 bits per heavy atom. The third kappa shape index (κ3) is 3.96. The molecular weight excluding hydrogens is 262 g/mol. The highest BCUT2D eigenvalue weighted by atomic mass is 16.5. The molecule has 0 spiro atoms. The lowest BCUT2D eigenvalue weighted by atomic mass is 10.0. The van der Waals surface area contributed by atoms with Gasteiger partial charge in [-0.25, -0.2) is 4.79 Å². The summed E-state index contributed by atoms with van der Waals surface area (Å²) < 4.78 is 4.98. The molecule has 0 atom stereocenters. The van der Waals surface area contributed by atoms with E-state index < -0.39 is 0 Å². The minimum absolute atomic E-state index is 0.350. The van der Waals surface area contributed by atoms with Crippen LogP contribution in [0.1, 0.15) is 12.5 Å². The van der Waals surface area contributed by atoms with Crippen molar-refractivity contribution in [2.45, 2.75) is 6.92 Å². The number of esters is 1. The van der Waals surface area contributed by atoms with Gasteiger partial charge in [-0.15, -0.1) is 6.58 Å². The molecular formula is C18H19NO2. The highest BCUT2D eigenvalue weighted by Gasteiger charge is 2.06. The van der Waals surface area contributed by atoms with Crippen LogP contribution in [0.3, 0.4) is 0 Å². The van der Waals surface area contributed by atoms with Crippen molar-refractivity contribution in [2.24, 2.45) is 0 Å². The molecule has 1 N–H and O–H groups in total. The maximum Gasteiger partial charge on any atom is 0.332 e. The van der Waals surface area contributed by atoms with Crippen molar-refractivity contribution in [2.75, 3.05) is 13.2 Å². The zero-order valence-corrected chi connectivity index (χ0v) is 12.1. The Labute approximate surface area is 124 Å². The summed E-state index contributed by atoms with van der Waals surface area (Å²) in [5.41, 5.74) is 1.68. The predicted octanol–water partition coefficient (Wildman–Crippen LogP) is 3.52. The van der Waals surface area contributed by atoms with Crippen LogP contribution < -0.4 is 5.32 Å². The third-order valence-corrected chi connectivity index (χ3v) is 3.05. The van der Waals surface area contributed by atoms with Crippen LogP contribution in [0.4, 0.5) is 0 Å². The molecule has 0 saturated heterocycles. The summed E-state index contributed by atoms with van der Waals surface area (Å²) in [6.45, 7) is 6.42. The maximum absolute atomic E-state index is 11.7. The van der Waals surface area contributed by atoms with Crippen LogP contribution >= 0.6 is 0 Å². The summed E-state index contributed by atoms with van der Waals surface area (Å²) >= 11 is 0. The number of carbonyl (C=O) groups is 1. The van der Waals surface area contributed by atoms with Crippen LogP contribution in [-0.2, 0) is 9.53 Å². The second-order valence-electron chi connectivity index (χ2n) is 4.54. The van der Waals surface area contributed by atoms with Crippen molar-refractivity contribution >= 4 is 22.4 Å². The van der Waals surface area contributed by atoms with Gasteiger partial charge in [-0.3, -0.25) is 0 Å². The van der Waals surface area contributed by atoms with Crippen LogP contribution in [0.25, 0.3) is 16.5 Å². The smallest absolute Gasteiger partial charge is 0.332 e. The summed E-state index contributed by atoms with van der Waals surface area (Å²) in [6.07, 6.45) is 3.23. The van der Waals surface area contributed by atoms with Crippen LogP contribution in [0, 0.1) is 0 Å². The van der Waals surface area contributed by atoms with Gasteiger partial charge in [0.1, 0.15) is 0 Å². The monoisotopic (exact) mass is 281 g/mol. The maximum atomic E-state index is 11.7. The number of hydrogen-bond donors (Lipinski definition) is 1. The molecule has 0 heterocycles. The first kappa shape index (κ1) is 14.9. The Hall–Kier alpha value is -2.55. The highest BCUT2D eigenvalue weighted by molar-refractivity contribution is 5.93. The Bertz CT molecular complexity index is 674. The number of hydrogen-bond acceptors (Lipinski definition) is 3. The van der Waals surface area contributed by atoms with E-state index in [0.717, 1.165) is 16.6 Å². The van der Waals surface area contributed by atoms with Crippen molar-refractivity contribution in [3.63, 3.8) is 0 Å². The van der Waals surface area contributed by atoms with Gasteiger partial charge in [-0.1, -0.05) is 42.5 Å². The topological polar surface area (TPSA) is 38.3 Å². The molecule has 0 aliphatic rings. The van der Waals surface area contributed by atoms with Crippen LogP contribution in [0.5, 0.6) is 0 Å². The van der Waals surface area contributed by atoms with Gasteiger partial charge in [-0.2, -0.15) is 0 Å². The molecule has 3 nitrogen and oxygen atoms in total. The zero-order chi connectivity index (χ0) is 15.1. The summed E-state index contributed by atoms with van der Waals surface area (Å²) in [4.78, 5) is 11.7. The second kappa shape index (κ2) is 7.29. The summed E-state index contributed by atoms with van der Waals surface area (Å²) in [5.74, 6) is -0.350. The number of rotatable bonds is 6. The van der Waals surface area contributed by atoms with Gasteiger partial charge in [0.2, 0.25) is 0 Å². The lowest BCUT2D eigenvalue weighted by Gasteiger charge is -2.11. The summed E-state index contributed by atoms with van der Waals surface area (Å²) in [7, 11) is 0. The van der Waals surface area contributed by atoms with E-state index >= 15 is 0 Å². The van der Waals surface area contributed by atoms with E-state index in [1.807, 2.05) is 30.3 Å². The average Bonchev–Trinajstić information content (AvgIpc) is 2.51. The third-order valence-electron chi connectivity index (χ3n) is 3.05. The fourth-order valence-corrected chi connectivity index (χ4v) is 2.08. The van der Waals surface area contributed by atoms with Gasteiger partial charge in [0, 0.05) is 18.3 Å². The molecule has 0 aliphatic heterocycles. The molecule has 108 valence electrons. The van der Waals surface area contributed by atoms with E-state index in [-0.39, 0.29) is 5.97 Å². The van der Waals surface area contributed by atoms with E-state index in [0.29, 0.717) is 13.2 Å². The normalized spacial score (nSPS) is 11.2. The molecule has 0 radical (unpaired) electrons. The molecule has 0 unspecified atom stereocenters.